The Labute approximate surface area is 193 Å². The van der Waals surface area contributed by atoms with Crippen molar-refractivity contribution in [3.8, 4) is 0 Å². The summed E-state index contributed by atoms with van der Waals surface area (Å²) in [4.78, 5) is 2.54. The first-order chi connectivity index (χ1) is 14.4. The molecule has 0 spiro atoms. The van der Waals surface area contributed by atoms with E-state index >= 15 is 0 Å². The van der Waals surface area contributed by atoms with Gasteiger partial charge in [-0.1, -0.05) is 89.1 Å². The quantitative estimate of drug-likeness (QED) is 0.468. The maximum absolute atomic E-state index is 6.48. The van der Waals surface area contributed by atoms with Gasteiger partial charge in [-0.05, 0) is 71.6 Å². The van der Waals surface area contributed by atoms with Crippen LogP contribution in [0.25, 0.3) is 0 Å². The zero-order valence-corrected chi connectivity index (χ0v) is 20.8. The van der Waals surface area contributed by atoms with Gasteiger partial charge in [-0.15, -0.1) is 0 Å². The molecule has 0 saturated heterocycles. The van der Waals surface area contributed by atoms with Gasteiger partial charge in [-0.2, -0.15) is 0 Å². The van der Waals surface area contributed by atoms with Crippen molar-refractivity contribution in [2.75, 3.05) is 4.90 Å². The maximum Gasteiger partial charge on any atom is 0.0417 e. The zero-order valence-electron chi connectivity index (χ0n) is 20.0. The van der Waals surface area contributed by atoms with E-state index in [2.05, 4.69) is 114 Å². The molecule has 0 radical (unpaired) electrons. The summed E-state index contributed by atoms with van der Waals surface area (Å²) in [6.07, 6.45) is 5.57. The minimum absolute atomic E-state index is 0.154. The lowest BCUT2D eigenvalue weighted by atomic mass is 9.63. The summed E-state index contributed by atoms with van der Waals surface area (Å²) >= 11 is 6.48. The van der Waals surface area contributed by atoms with Crippen molar-refractivity contribution in [2.45, 2.75) is 71.8 Å². The molecular weight excluding hydrogens is 398 g/mol. The van der Waals surface area contributed by atoms with Crippen molar-refractivity contribution in [1.82, 2.24) is 0 Å². The average molecular weight is 434 g/mol. The van der Waals surface area contributed by atoms with Gasteiger partial charge in [0, 0.05) is 28.4 Å². The van der Waals surface area contributed by atoms with Crippen LogP contribution in [-0.4, -0.2) is 6.04 Å². The fraction of sp³-hybridized carbons (Fsp3) is 0.448. The highest BCUT2D eigenvalue weighted by Crippen LogP contribution is 2.50. The number of hydrogen-bond acceptors (Lipinski definition) is 1. The van der Waals surface area contributed by atoms with Crippen LogP contribution in [0.15, 0.2) is 71.3 Å². The molecule has 3 atom stereocenters. The van der Waals surface area contributed by atoms with Crippen LogP contribution < -0.4 is 4.90 Å². The second kappa shape index (κ2) is 7.85. The summed E-state index contributed by atoms with van der Waals surface area (Å²) in [5.74, 6) is 1.07. The SMILES string of the molecule is CC1=CC(Cl)=C[C@@H]2C1CC2N(c1ccc(C(C)(C)C)cc1)c1ccc(C(C)(C)C)cc1. The number of rotatable bonds is 3. The molecule has 2 aromatic rings. The molecular formula is C29H36ClN. The van der Waals surface area contributed by atoms with Gasteiger partial charge in [0.15, 0.2) is 0 Å². The molecule has 4 rings (SSSR count). The van der Waals surface area contributed by atoms with Crippen molar-refractivity contribution in [3.05, 3.63) is 82.4 Å². The Kier molecular flexibility index (Phi) is 5.63. The molecule has 2 aliphatic rings. The van der Waals surface area contributed by atoms with Gasteiger partial charge in [0.1, 0.15) is 0 Å². The van der Waals surface area contributed by atoms with Gasteiger partial charge in [-0.3, -0.25) is 0 Å². The summed E-state index contributed by atoms with van der Waals surface area (Å²) in [5, 5.41) is 0.884. The molecule has 1 fully saturated rings. The fourth-order valence-electron chi connectivity index (χ4n) is 4.97. The first-order valence-electron chi connectivity index (χ1n) is 11.5. The Balaban J connectivity index is 1.72. The van der Waals surface area contributed by atoms with Gasteiger partial charge in [-0.25, -0.2) is 0 Å². The van der Waals surface area contributed by atoms with Crippen LogP contribution in [-0.2, 0) is 10.8 Å². The van der Waals surface area contributed by atoms with Crippen LogP contribution >= 0.6 is 11.6 Å². The first kappa shape index (κ1) is 22.2. The van der Waals surface area contributed by atoms with Gasteiger partial charge in [0.25, 0.3) is 0 Å². The Hall–Kier alpha value is -1.99. The number of anilines is 2. The third-order valence-electron chi connectivity index (χ3n) is 7.06. The number of nitrogens with zero attached hydrogens (tertiary/aromatic N) is 1. The van der Waals surface area contributed by atoms with E-state index in [4.69, 9.17) is 11.6 Å². The molecule has 2 aromatic carbocycles. The Morgan fingerprint density at radius 2 is 1.23 bits per heavy atom. The highest BCUT2D eigenvalue weighted by Gasteiger charge is 2.45. The lowest BCUT2D eigenvalue weighted by molar-refractivity contribution is 0.214. The molecule has 0 heterocycles. The number of allylic oxidation sites excluding steroid dienone is 3. The van der Waals surface area contributed by atoms with E-state index in [1.54, 1.807) is 0 Å². The molecule has 0 aromatic heterocycles. The number of hydrogen-bond donors (Lipinski definition) is 0. The molecule has 0 amide bonds. The zero-order chi connectivity index (χ0) is 22.6. The average Bonchev–Trinajstić information content (AvgIpc) is 2.67. The lowest BCUT2D eigenvalue weighted by Crippen LogP contribution is -2.51. The number of halogens is 1. The minimum Gasteiger partial charge on any atom is -0.338 e. The van der Waals surface area contributed by atoms with Crippen LogP contribution in [0.5, 0.6) is 0 Å². The van der Waals surface area contributed by atoms with Crippen molar-refractivity contribution in [2.24, 2.45) is 11.8 Å². The largest absolute Gasteiger partial charge is 0.338 e. The Morgan fingerprint density at radius 1 is 0.774 bits per heavy atom. The smallest absolute Gasteiger partial charge is 0.0417 e. The number of fused-ring (bicyclic) bond motifs is 1. The Morgan fingerprint density at radius 3 is 1.65 bits per heavy atom. The molecule has 1 nitrogen and oxygen atoms in total. The van der Waals surface area contributed by atoms with E-state index in [9.17, 15) is 0 Å². The van der Waals surface area contributed by atoms with E-state index in [1.165, 1.54) is 28.1 Å². The summed E-state index contributed by atoms with van der Waals surface area (Å²) in [5.41, 5.74) is 6.98. The Bertz CT molecular complexity index is 939. The maximum atomic E-state index is 6.48. The molecule has 2 aliphatic carbocycles. The fourth-order valence-corrected chi connectivity index (χ4v) is 5.29. The van der Waals surface area contributed by atoms with Crippen LogP contribution in [0.2, 0.25) is 0 Å². The normalized spacial score (nSPS) is 23.4. The van der Waals surface area contributed by atoms with Crippen molar-refractivity contribution in [1.29, 1.82) is 0 Å². The summed E-state index contributed by atoms with van der Waals surface area (Å²) < 4.78 is 0. The molecule has 1 saturated carbocycles. The molecule has 164 valence electrons. The lowest BCUT2D eigenvalue weighted by Gasteiger charge is -2.51. The minimum atomic E-state index is 0.154. The van der Waals surface area contributed by atoms with Gasteiger partial charge >= 0.3 is 0 Å². The standard InChI is InChI=1S/C29H36ClN/c1-19-16-22(30)17-26-25(19)18-27(26)31(23-12-8-20(9-13-23)28(2,3)4)24-14-10-21(11-15-24)29(5,6)7/h8-17,25-27H,18H2,1-7H3/t25?,26-,27?/m1/s1. The van der Waals surface area contributed by atoms with E-state index < -0.39 is 0 Å². The first-order valence-corrected chi connectivity index (χ1v) is 11.9. The molecule has 31 heavy (non-hydrogen) atoms. The highest BCUT2D eigenvalue weighted by atomic mass is 35.5. The third kappa shape index (κ3) is 4.35. The van der Waals surface area contributed by atoms with Crippen molar-refractivity contribution >= 4 is 23.0 Å². The molecule has 2 unspecified atom stereocenters. The van der Waals surface area contributed by atoms with Gasteiger partial charge in [0.05, 0.1) is 0 Å². The summed E-state index contributed by atoms with van der Waals surface area (Å²) in [6.45, 7) is 15.8. The molecule has 0 bridgehead atoms. The number of benzene rings is 2. The molecule has 0 aliphatic heterocycles. The predicted octanol–water partition coefficient (Wildman–Crippen LogP) is 8.51. The van der Waals surface area contributed by atoms with E-state index in [0.29, 0.717) is 17.9 Å². The molecule has 2 heteroatoms. The van der Waals surface area contributed by atoms with Crippen LogP contribution in [0.3, 0.4) is 0 Å². The van der Waals surface area contributed by atoms with Crippen LogP contribution in [0.1, 0.15) is 66.0 Å². The summed E-state index contributed by atoms with van der Waals surface area (Å²) in [6, 6.07) is 18.8. The predicted molar refractivity (Wildman–Crippen MR) is 136 cm³/mol. The second-order valence-corrected chi connectivity index (χ2v) is 11.8. The van der Waals surface area contributed by atoms with E-state index in [-0.39, 0.29) is 10.8 Å². The second-order valence-electron chi connectivity index (χ2n) is 11.4. The highest BCUT2D eigenvalue weighted by molar-refractivity contribution is 6.31. The van der Waals surface area contributed by atoms with Crippen LogP contribution in [0, 0.1) is 11.8 Å². The van der Waals surface area contributed by atoms with E-state index in [0.717, 1.165) is 11.5 Å². The topological polar surface area (TPSA) is 3.24 Å². The van der Waals surface area contributed by atoms with E-state index in [1.807, 2.05) is 0 Å². The van der Waals surface area contributed by atoms with Crippen molar-refractivity contribution < 1.29 is 0 Å². The monoisotopic (exact) mass is 433 g/mol. The van der Waals surface area contributed by atoms with Gasteiger partial charge < -0.3 is 4.90 Å². The molecule has 0 N–H and O–H groups in total. The summed E-state index contributed by atoms with van der Waals surface area (Å²) in [7, 11) is 0. The third-order valence-corrected chi connectivity index (χ3v) is 7.30. The van der Waals surface area contributed by atoms with Crippen LogP contribution in [0.4, 0.5) is 11.4 Å². The van der Waals surface area contributed by atoms with Crippen molar-refractivity contribution in [3.63, 3.8) is 0 Å². The van der Waals surface area contributed by atoms with Gasteiger partial charge in [0.2, 0.25) is 0 Å².